The highest BCUT2D eigenvalue weighted by Crippen LogP contribution is 2.40. The number of para-hydroxylation sites is 1. The number of hydrogen-bond donors (Lipinski definition) is 1. The lowest BCUT2D eigenvalue weighted by atomic mass is 10.0. The molecule has 1 atom stereocenters. The van der Waals surface area contributed by atoms with Crippen molar-refractivity contribution in [2.45, 2.75) is 17.0 Å². The molecule has 3 heterocycles. The van der Waals surface area contributed by atoms with E-state index in [9.17, 15) is 14.0 Å². The van der Waals surface area contributed by atoms with Crippen LogP contribution in [-0.4, -0.2) is 20.3 Å². The average Bonchev–Trinajstić information content (AvgIpc) is 3.67. The molecule has 210 valence electrons. The summed E-state index contributed by atoms with van der Waals surface area (Å²) in [6, 6.07) is 33.2. The number of thiophene rings is 1. The molecular weight excluding hydrogens is 578 g/mol. The lowest BCUT2D eigenvalue weighted by molar-refractivity contribution is 0.0991. The van der Waals surface area contributed by atoms with E-state index in [1.807, 2.05) is 90.3 Å². The highest BCUT2D eigenvalue weighted by molar-refractivity contribution is 8.00. The van der Waals surface area contributed by atoms with Gasteiger partial charge >= 0.3 is 0 Å². The summed E-state index contributed by atoms with van der Waals surface area (Å²) >= 11 is 2.65. The summed E-state index contributed by atoms with van der Waals surface area (Å²) in [5.74, 6) is -0.416. The molecule has 0 aliphatic carbocycles. The largest absolute Gasteiger partial charge is 0.360 e. The molecule has 5 nitrogen and oxygen atoms in total. The van der Waals surface area contributed by atoms with Gasteiger partial charge in [-0.2, -0.15) is 0 Å². The Hall–Kier alpha value is -4.79. The van der Waals surface area contributed by atoms with Crippen molar-refractivity contribution >= 4 is 50.0 Å². The monoisotopic (exact) mass is 601 g/mol. The molecule has 0 aliphatic heterocycles. The Morgan fingerprint density at radius 1 is 0.907 bits per heavy atom. The van der Waals surface area contributed by atoms with E-state index in [0.29, 0.717) is 26.5 Å². The number of carbonyl (C=O) groups excluding carboxylic acids is 1. The number of fused-ring (bicyclic) bond motifs is 2. The molecule has 0 bridgehead atoms. The first-order valence-electron chi connectivity index (χ1n) is 13.7. The van der Waals surface area contributed by atoms with Crippen LogP contribution in [0, 0.1) is 5.82 Å². The number of nitrogens with one attached hydrogen (secondary N) is 1. The van der Waals surface area contributed by atoms with Gasteiger partial charge in [-0.1, -0.05) is 103 Å². The van der Waals surface area contributed by atoms with Crippen molar-refractivity contribution in [3.8, 4) is 11.1 Å². The van der Waals surface area contributed by atoms with Gasteiger partial charge in [0.2, 0.25) is 0 Å². The van der Waals surface area contributed by atoms with Crippen LogP contribution in [0.15, 0.2) is 131 Å². The maximum atomic E-state index is 14.3. The third-order valence-electron chi connectivity index (χ3n) is 7.42. The zero-order valence-electron chi connectivity index (χ0n) is 22.7. The van der Waals surface area contributed by atoms with E-state index in [1.165, 1.54) is 35.2 Å². The maximum absolute atomic E-state index is 14.3. The number of aromatic amines is 1. The van der Waals surface area contributed by atoms with Gasteiger partial charge < -0.3 is 4.98 Å². The van der Waals surface area contributed by atoms with Gasteiger partial charge in [-0.05, 0) is 34.9 Å². The van der Waals surface area contributed by atoms with Crippen molar-refractivity contribution in [1.82, 2.24) is 14.5 Å². The van der Waals surface area contributed by atoms with E-state index < -0.39 is 5.25 Å². The highest BCUT2D eigenvalue weighted by atomic mass is 32.2. The second-order valence-electron chi connectivity index (χ2n) is 10.1. The lowest BCUT2D eigenvalue weighted by Gasteiger charge is -2.19. The Morgan fingerprint density at radius 3 is 2.37 bits per heavy atom. The topological polar surface area (TPSA) is 67.8 Å². The van der Waals surface area contributed by atoms with Gasteiger partial charge in [0, 0.05) is 33.6 Å². The summed E-state index contributed by atoms with van der Waals surface area (Å²) in [7, 11) is 0. The molecule has 7 rings (SSSR count). The molecule has 8 heteroatoms. The zero-order valence-corrected chi connectivity index (χ0v) is 24.4. The number of aromatic nitrogens is 3. The minimum atomic E-state index is -0.650. The SMILES string of the molecule is O=C(c1c[nH]c2ccccc12)C(Sc1nc2scc(-c3ccc(F)cc3)c2c(=O)n1Cc1ccccc1)c1ccccc1. The molecule has 1 N–H and O–H groups in total. The molecule has 0 saturated heterocycles. The highest BCUT2D eigenvalue weighted by Gasteiger charge is 2.28. The normalized spacial score (nSPS) is 12.1. The summed E-state index contributed by atoms with van der Waals surface area (Å²) in [5.41, 5.74) is 4.48. The van der Waals surface area contributed by atoms with E-state index in [-0.39, 0.29) is 23.7 Å². The van der Waals surface area contributed by atoms with Crippen LogP contribution in [0.5, 0.6) is 0 Å². The number of H-pyrrole nitrogens is 1. The van der Waals surface area contributed by atoms with E-state index in [2.05, 4.69) is 4.98 Å². The summed E-state index contributed by atoms with van der Waals surface area (Å²) in [6.07, 6.45) is 1.76. The van der Waals surface area contributed by atoms with E-state index in [0.717, 1.165) is 27.6 Å². The fourth-order valence-corrected chi connectivity index (χ4v) is 7.42. The van der Waals surface area contributed by atoms with Gasteiger partial charge in [0.15, 0.2) is 10.9 Å². The number of nitrogens with zero attached hydrogens (tertiary/aromatic N) is 2. The van der Waals surface area contributed by atoms with Crippen LogP contribution in [0.3, 0.4) is 0 Å². The molecule has 7 aromatic rings. The minimum Gasteiger partial charge on any atom is -0.360 e. The fraction of sp³-hybridized carbons (Fsp3) is 0.0571. The van der Waals surface area contributed by atoms with Crippen molar-refractivity contribution in [2.75, 3.05) is 0 Å². The first-order chi connectivity index (χ1) is 21.1. The average molecular weight is 602 g/mol. The van der Waals surface area contributed by atoms with Crippen molar-refractivity contribution in [3.05, 3.63) is 154 Å². The predicted molar refractivity (Wildman–Crippen MR) is 172 cm³/mol. The summed E-state index contributed by atoms with van der Waals surface area (Å²) < 4.78 is 15.3. The standard InChI is InChI=1S/C35H24FN3O2S2/c36-25-17-15-23(16-18-25)28-21-42-33-30(28)34(41)39(20-22-9-3-1-4-10-22)35(38-33)43-32(24-11-5-2-6-12-24)31(40)27-19-37-29-14-8-7-13-26(27)29/h1-19,21,32,37H,20H2. The number of thioether (sulfide) groups is 1. The van der Waals surface area contributed by atoms with Gasteiger partial charge in [-0.3, -0.25) is 14.2 Å². The van der Waals surface area contributed by atoms with E-state index >= 15 is 0 Å². The van der Waals surface area contributed by atoms with Gasteiger partial charge in [0.25, 0.3) is 5.56 Å². The predicted octanol–water partition coefficient (Wildman–Crippen LogP) is 8.51. The number of Topliss-reactive ketones (excluding diaryl/α,β-unsaturated/α-hetero) is 1. The van der Waals surface area contributed by atoms with Gasteiger partial charge in [0.05, 0.1) is 11.9 Å². The second kappa shape index (κ2) is 11.5. The molecule has 43 heavy (non-hydrogen) atoms. The Kier molecular flexibility index (Phi) is 7.22. The number of benzene rings is 4. The quantitative estimate of drug-likeness (QED) is 0.108. The number of ketones is 1. The van der Waals surface area contributed by atoms with E-state index in [1.54, 1.807) is 22.9 Å². The lowest BCUT2D eigenvalue weighted by Crippen LogP contribution is -2.24. The van der Waals surface area contributed by atoms with Crippen LogP contribution in [0.1, 0.15) is 26.7 Å². The molecule has 4 aromatic carbocycles. The van der Waals surface area contributed by atoms with Crippen LogP contribution in [-0.2, 0) is 6.54 Å². The molecule has 0 saturated carbocycles. The Balaban J connectivity index is 1.39. The molecule has 0 aliphatic rings. The van der Waals surface area contributed by atoms with Crippen LogP contribution in [0.2, 0.25) is 0 Å². The first-order valence-corrected chi connectivity index (χ1v) is 15.5. The summed E-state index contributed by atoms with van der Waals surface area (Å²) in [5, 5.41) is 3.02. The number of halogens is 1. The zero-order chi connectivity index (χ0) is 29.3. The summed E-state index contributed by atoms with van der Waals surface area (Å²) in [6.45, 7) is 0.284. The number of hydrogen-bond acceptors (Lipinski definition) is 5. The summed E-state index contributed by atoms with van der Waals surface area (Å²) in [4.78, 5) is 37.4. The van der Waals surface area contributed by atoms with Crippen molar-refractivity contribution in [3.63, 3.8) is 0 Å². The molecular formula is C35H24FN3O2S2. The Bertz CT molecular complexity index is 2140. The van der Waals surface area contributed by atoms with E-state index in [4.69, 9.17) is 4.98 Å². The number of rotatable bonds is 8. The molecule has 0 fully saturated rings. The number of carbonyl (C=O) groups is 1. The van der Waals surface area contributed by atoms with Crippen LogP contribution >= 0.6 is 23.1 Å². The third-order valence-corrected chi connectivity index (χ3v) is 9.53. The maximum Gasteiger partial charge on any atom is 0.263 e. The Labute approximate surface area is 254 Å². The van der Waals surface area contributed by atoms with Gasteiger partial charge in [-0.15, -0.1) is 11.3 Å². The fourth-order valence-electron chi connectivity index (χ4n) is 5.27. The minimum absolute atomic E-state index is 0.0764. The van der Waals surface area contributed by atoms with Crippen molar-refractivity contribution < 1.29 is 9.18 Å². The smallest absolute Gasteiger partial charge is 0.263 e. The van der Waals surface area contributed by atoms with Crippen molar-refractivity contribution in [2.24, 2.45) is 0 Å². The van der Waals surface area contributed by atoms with Crippen LogP contribution in [0.4, 0.5) is 4.39 Å². The van der Waals surface area contributed by atoms with Crippen LogP contribution < -0.4 is 5.56 Å². The second-order valence-corrected chi connectivity index (χ2v) is 12.1. The van der Waals surface area contributed by atoms with Gasteiger partial charge in [-0.25, -0.2) is 9.37 Å². The molecule has 3 aromatic heterocycles. The molecule has 1 unspecified atom stereocenters. The molecule has 0 amide bonds. The third kappa shape index (κ3) is 5.20. The van der Waals surface area contributed by atoms with Crippen LogP contribution in [0.25, 0.3) is 32.2 Å². The van der Waals surface area contributed by atoms with Gasteiger partial charge in [0.1, 0.15) is 15.9 Å². The molecule has 0 radical (unpaired) electrons. The molecule has 0 spiro atoms. The van der Waals surface area contributed by atoms with Crippen molar-refractivity contribution in [1.29, 1.82) is 0 Å². The Morgan fingerprint density at radius 2 is 1.60 bits per heavy atom. The first kappa shape index (κ1) is 27.1.